The number of benzene rings is 1. The van der Waals surface area contributed by atoms with Crippen molar-refractivity contribution in [1.29, 1.82) is 0 Å². The molecule has 1 aliphatic carbocycles. The summed E-state index contributed by atoms with van der Waals surface area (Å²) in [4.78, 5) is 24.0. The number of anilines is 1. The normalized spacial score (nSPS) is 21.6. The minimum absolute atomic E-state index is 0.0179. The minimum atomic E-state index is -4.45. The monoisotopic (exact) mass is 355 g/mol. The fraction of sp³-hybridized carbons (Fsp3) is 0.529. The van der Waals surface area contributed by atoms with E-state index in [2.05, 4.69) is 10.6 Å². The van der Waals surface area contributed by atoms with E-state index >= 15 is 0 Å². The van der Waals surface area contributed by atoms with E-state index in [4.69, 9.17) is 0 Å². The van der Waals surface area contributed by atoms with Crippen molar-refractivity contribution in [2.75, 3.05) is 25.0 Å². The van der Waals surface area contributed by atoms with E-state index in [1.54, 1.807) is 0 Å². The molecule has 8 heteroatoms. The standard InChI is InChI=1S/C17H20F3N3O2/c18-17(19,20)10-22-14(24)11-1-3-12(4-2-11)23-15(25)13-9-16(13)5-7-21-8-6-16/h1-4,13,21H,5-10H2,(H,22,24)(H,23,25). The van der Waals surface area contributed by atoms with Gasteiger partial charge in [-0.3, -0.25) is 9.59 Å². The van der Waals surface area contributed by atoms with E-state index < -0.39 is 18.6 Å². The van der Waals surface area contributed by atoms with Crippen LogP contribution in [0.1, 0.15) is 29.6 Å². The largest absolute Gasteiger partial charge is 0.405 e. The van der Waals surface area contributed by atoms with Gasteiger partial charge in [0.2, 0.25) is 5.91 Å². The number of hydrogen-bond acceptors (Lipinski definition) is 3. The Hall–Kier alpha value is -2.09. The number of nitrogens with one attached hydrogen (secondary N) is 3. The van der Waals surface area contributed by atoms with E-state index in [0.29, 0.717) is 5.69 Å². The summed E-state index contributed by atoms with van der Waals surface area (Å²) in [5, 5.41) is 7.92. The predicted octanol–water partition coefficient (Wildman–Crippen LogP) is 2.31. The molecule has 5 nitrogen and oxygen atoms in total. The first kappa shape index (κ1) is 17.7. The van der Waals surface area contributed by atoms with Crippen molar-refractivity contribution in [2.24, 2.45) is 11.3 Å². The number of amides is 2. The SMILES string of the molecule is O=C(NCC(F)(F)F)c1ccc(NC(=O)C2CC23CCNCC3)cc1. The molecule has 1 aliphatic heterocycles. The predicted molar refractivity (Wildman–Crippen MR) is 86.1 cm³/mol. The lowest BCUT2D eigenvalue weighted by molar-refractivity contribution is -0.123. The number of halogens is 3. The molecule has 2 amide bonds. The number of rotatable bonds is 4. The van der Waals surface area contributed by atoms with Crippen LogP contribution < -0.4 is 16.0 Å². The maximum Gasteiger partial charge on any atom is 0.405 e. The van der Waals surface area contributed by atoms with Crippen LogP contribution in [0.2, 0.25) is 0 Å². The Morgan fingerprint density at radius 2 is 1.80 bits per heavy atom. The Morgan fingerprint density at radius 3 is 2.40 bits per heavy atom. The Bertz CT molecular complexity index is 652. The topological polar surface area (TPSA) is 70.2 Å². The van der Waals surface area contributed by atoms with E-state index in [9.17, 15) is 22.8 Å². The third-order valence-corrected chi connectivity index (χ3v) is 4.97. The van der Waals surface area contributed by atoms with E-state index in [-0.39, 0.29) is 22.8 Å². The van der Waals surface area contributed by atoms with Crippen LogP contribution >= 0.6 is 0 Å². The van der Waals surface area contributed by atoms with Crippen LogP contribution in [0.25, 0.3) is 0 Å². The highest BCUT2D eigenvalue weighted by Gasteiger charge is 2.57. The molecule has 1 atom stereocenters. The van der Waals surface area contributed by atoms with Gasteiger partial charge < -0.3 is 16.0 Å². The zero-order valence-corrected chi connectivity index (χ0v) is 13.6. The van der Waals surface area contributed by atoms with Gasteiger partial charge in [0.05, 0.1) is 0 Å². The van der Waals surface area contributed by atoms with Gasteiger partial charge in [-0.2, -0.15) is 13.2 Å². The molecule has 136 valence electrons. The van der Waals surface area contributed by atoms with Gasteiger partial charge in [0, 0.05) is 17.2 Å². The molecule has 0 radical (unpaired) electrons. The fourth-order valence-electron chi connectivity index (χ4n) is 3.41. The van der Waals surface area contributed by atoms with Gasteiger partial charge in [-0.05, 0) is 62.0 Å². The van der Waals surface area contributed by atoms with Gasteiger partial charge in [-0.1, -0.05) is 0 Å². The summed E-state index contributed by atoms with van der Waals surface area (Å²) in [5.74, 6) is -0.813. The Balaban J connectivity index is 1.52. The van der Waals surface area contributed by atoms with Crippen LogP contribution in [0.5, 0.6) is 0 Å². The van der Waals surface area contributed by atoms with Gasteiger partial charge in [0.15, 0.2) is 0 Å². The first-order valence-electron chi connectivity index (χ1n) is 8.26. The minimum Gasteiger partial charge on any atom is -0.343 e. The molecule has 2 aliphatic rings. The van der Waals surface area contributed by atoms with Crippen molar-refractivity contribution in [1.82, 2.24) is 10.6 Å². The molecule has 3 N–H and O–H groups in total. The third kappa shape index (κ3) is 4.31. The smallest absolute Gasteiger partial charge is 0.343 e. The van der Waals surface area contributed by atoms with E-state index in [0.717, 1.165) is 32.4 Å². The molecule has 3 rings (SSSR count). The van der Waals surface area contributed by atoms with Crippen molar-refractivity contribution in [3.63, 3.8) is 0 Å². The lowest BCUT2D eigenvalue weighted by Gasteiger charge is -2.23. The first-order chi connectivity index (χ1) is 11.8. The molecule has 1 spiro atoms. The molecule has 1 aromatic rings. The third-order valence-electron chi connectivity index (χ3n) is 4.97. The quantitative estimate of drug-likeness (QED) is 0.776. The molecular weight excluding hydrogens is 335 g/mol. The highest BCUT2D eigenvalue weighted by atomic mass is 19.4. The molecule has 0 aromatic heterocycles. The zero-order valence-electron chi connectivity index (χ0n) is 13.6. The van der Waals surface area contributed by atoms with E-state index in [1.165, 1.54) is 24.3 Å². The molecule has 1 aromatic carbocycles. The lowest BCUT2D eigenvalue weighted by atomic mass is 9.92. The van der Waals surface area contributed by atoms with Crippen LogP contribution in [-0.4, -0.2) is 37.6 Å². The van der Waals surface area contributed by atoms with Crippen LogP contribution in [0.3, 0.4) is 0 Å². The highest BCUT2D eigenvalue weighted by molar-refractivity contribution is 5.97. The Kier molecular flexibility index (Phi) is 4.73. The summed E-state index contributed by atoms with van der Waals surface area (Å²) in [5.41, 5.74) is 0.782. The average molecular weight is 355 g/mol. The van der Waals surface area contributed by atoms with Gasteiger partial charge >= 0.3 is 6.18 Å². The molecule has 0 bridgehead atoms. The average Bonchev–Trinajstić information content (AvgIpc) is 3.26. The molecule has 1 saturated heterocycles. The second kappa shape index (κ2) is 6.67. The van der Waals surface area contributed by atoms with Crippen LogP contribution in [-0.2, 0) is 4.79 Å². The van der Waals surface area contributed by atoms with Crippen LogP contribution in [0.4, 0.5) is 18.9 Å². The number of carbonyl (C=O) groups is 2. The van der Waals surface area contributed by atoms with Crippen molar-refractivity contribution in [2.45, 2.75) is 25.4 Å². The molecule has 1 unspecified atom stereocenters. The van der Waals surface area contributed by atoms with Gasteiger partial charge in [-0.15, -0.1) is 0 Å². The van der Waals surface area contributed by atoms with Crippen molar-refractivity contribution in [3.05, 3.63) is 29.8 Å². The number of carbonyl (C=O) groups excluding carboxylic acids is 2. The number of hydrogen-bond donors (Lipinski definition) is 3. The molecule has 25 heavy (non-hydrogen) atoms. The van der Waals surface area contributed by atoms with Crippen LogP contribution in [0, 0.1) is 11.3 Å². The zero-order chi connectivity index (χ0) is 18.1. The second-order valence-corrected chi connectivity index (χ2v) is 6.73. The van der Waals surface area contributed by atoms with Crippen molar-refractivity contribution in [3.8, 4) is 0 Å². The van der Waals surface area contributed by atoms with Crippen LogP contribution in [0.15, 0.2) is 24.3 Å². The lowest BCUT2D eigenvalue weighted by Crippen LogP contribution is -2.33. The Morgan fingerprint density at radius 1 is 1.16 bits per heavy atom. The van der Waals surface area contributed by atoms with Crippen molar-refractivity contribution >= 4 is 17.5 Å². The summed E-state index contributed by atoms with van der Waals surface area (Å²) in [6.07, 6.45) is -1.54. The Labute approximate surface area is 143 Å². The van der Waals surface area contributed by atoms with E-state index in [1.807, 2.05) is 5.32 Å². The summed E-state index contributed by atoms with van der Waals surface area (Å²) in [7, 11) is 0. The molecule has 1 saturated carbocycles. The maximum absolute atomic E-state index is 12.3. The highest BCUT2D eigenvalue weighted by Crippen LogP contribution is 2.58. The molecule has 1 heterocycles. The number of alkyl halides is 3. The second-order valence-electron chi connectivity index (χ2n) is 6.73. The summed E-state index contributed by atoms with van der Waals surface area (Å²) < 4.78 is 36.3. The summed E-state index contributed by atoms with van der Waals surface area (Å²) >= 11 is 0. The molecule has 2 fully saturated rings. The van der Waals surface area contributed by atoms with Gasteiger partial charge in [0.1, 0.15) is 6.54 Å². The number of piperidine rings is 1. The molecular formula is C17H20F3N3O2. The van der Waals surface area contributed by atoms with Crippen molar-refractivity contribution < 1.29 is 22.8 Å². The summed E-state index contributed by atoms with van der Waals surface area (Å²) in [6.45, 7) is 0.500. The maximum atomic E-state index is 12.3. The van der Waals surface area contributed by atoms with Gasteiger partial charge in [-0.25, -0.2) is 0 Å². The first-order valence-corrected chi connectivity index (χ1v) is 8.26. The fourth-order valence-corrected chi connectivity index (χ4v) is 3.41. The summed E-state index contributed by atoms with van der Waals surface area (Å²) in [6, 6.07) is 5.85. The van der Waals surface area contributed by atoms with Gasteiger partial charge in [0.25, 0.3) is 5.91 Å².